The van der Waals surface area contributed by atoms with Crippen molar-refractivity contribution in [2.24, 2.45) is 0 Å². The molecule has 0 bridgehead atoms. The van der Waals surface area contributed by atoms with Gasteiger partial charge in [0.05, 0.1) is 0 Å². The van der Waals surface area contributed by atoms with Crippen molar-refractivity contribution >= 4 is 16.1 Å². The highest BCUT2D eigenvalue weighted by Gasteiger charge is 2.35. The molecule has 1 aliphatic carbocycles. The molecule has 1 aromatic rings. The van der Waals surface area contributed by atoms with Crippen molar-refractivity contribution in [1.29, 1.82) is 0 Å². The van der Waals surface area contributed by atoms with E-state index < -0.39 is 10.2 Å². The Morgan fingerprint density at radius 3 is 2.29 bits per heavy atom. The van der Waals surface area contributed by atoms with Gasteiger partial charge >= 0.3 is 0 Å². The lowest BCUT2D eigenvalue weighted by atomic mass is 10.2. The molecule has 0 atom stereocenters. The van der Waals surface area contributed by atoms with E-state index in [0.717, 1.165) is 31.4 Å². The molecule has 3 aliphatic rings. The fraction of sp³-hybridized carbons (Fsp3) is 0.733. The maximum Gasteiger partial charge on any atom is 0.282 e. The van der Waals surface area contributed by atoms with Gasteiger partial charge < -0.3 is 9.42 Å². The SMILES string of the molecule is O=C(c1cc(C2CC2)on1)N1CCN(S(=O)(=O)N2CCCC2)CC1. The molecule has 0 radical (unpaired) electrons. The number of hydrogen-bond donors (Lipinski definition) is 0. The Morgan fingerprint density at radius 1 is 1.04 bits per heavy atom. The first-order valence-electron chi connectivity index (χ1n) is 8.57. The van der Waals surface area contributed by atoms with Crippen LogP contribution in [0.5, 0.6) is 0 Å². The molecule has 2 saturated heterocycles. The Morgan fingerprint density at radius 2 is 1.67 bits per heavy atom. The lowest BCUT2D eigenvalue weighted by molar-refractivity contribution is 0.0684. The average molecular weight is 354 g/mol. The van der Waals surface area contributed by atoms with Gasteiger partial charge in [0.15, 0.2) is 5.69 Å². The molecule has 8 nitrogen and oxygen atoms in total. The summed E-state index contributed by atoms with van der Waals surface area (Å²) in [5.74, 6) is 1.03. The van der Waals surface area contributed by atoms with Crippen molar-refractivity contribution in [3.05, 3.63) is 17.5 Å². The summed E-state index contributed by atoms with van der Waals surface area (Å²) in [6, 6.07) is 1.73. The van der Waals surface area contributed by atoms with E-state index in [1.807, 2.05) is 0 Å². The Kier molecular flexibility index (Phi) is 4.09. The molecule has 0 spiro atoms. The number of hydrogen-bond acceptors (Lipinski definition) is 5. The maximum atomic E-state index is 12.5. The predicted molar refractivity (Wildman–Crippen MR) is 85.7 cm³/mol. The van der Waals surface area contributed by atoms with Gasteiger partial charge in [0.1, 0.15) is 5.76 Å². The number of amides is 1. The molecular weight excluding hydrogens is 332 g/mol. The van der Waals surface area contributed by atoms with Crippen LogP contribution in [-0.4, -0.2) is 72.3 Å². The van der Waals surface area contributed by atoms with E-state index in [2.05, 4.69) is 5.16 Å². The normalized spacial score (nSPS) is 23.8. The second-order valence-corrected chi connectivity index (χ2v) is 8.62. The van der Waals surface area contributed by atoms with Gasteiger partial charge in [-0.3, -0.25) is 4.79 Å². The minimum absolute atomic E-state index is 0.177. The van der Waals surface area contributed by atoms with Crippen LogP contribution in [0.15, 0.2) is 10.6 Å². The van der Waals surface area contributed by atoms with Crippen LogP contribution >= 0.6 is 0 Å². The highest BCUT2D eigenvalue weighted by molar-refractivity contribution is 7.86. The summed E-state index contributed by atoms with van der Waals surface area (Å²) in [7, 11) is -3.38. The molecule has 3 fully saturated rings. The van der Waals surface area contributed by atoms with Gasteiger partial charge in [0, 0.05) is 51.3 Å². The number of carbonyl (C=O) groups excluding carboxylic acids is 1. The quantitative estimate of drug-likeness (QED) is 0.792. The second-order valence-electron chi connectivity index (χ2n) is 6.69. The van der Waals surface area contributed by atoms with Crippen LogP contribution in [0, 0.1) is 0 Å². The van der Waals surface area contributed by atoms with Crippen LogP contribution in [0.2, 0.25) is 0 Å². The van der Waals surface area contributed by atoms with Crippen molar-refractivity contribution in [3.8, 4) is 0 Å². The second kappa shape index (κ2) is 6.12. The van der Waals surface area contributed by atoms with Crippen molar-refractivity contribution in [1.82, 2.24) is 18.7 Å². The van der Waals surface area contributed by atoms with Crippen LogP contribution in [-0.2, 0) is 10.2 Å². The van der Waals surface area contributed by atoms with E-state index in [9.17, 15) is 13.2 Å². The third-order valence-electron chi connectivity index (χ3n) is 4.97. The van der Waals surface area contributed by atoms with E-state index in [-0.39, 0.29) is 5.91 Å². The molecule has 4 rings (SSSR count). The minimum Gasteiger partial charge on any atom is -0.360 e. The van der Waals surface area contributed by atoms with Crippen molar-refractivity contribution < 1.29 is 17.7 Å². The minimum atomic E-state index is -3.38. The van der Waals surface area contributed by atoms with Gasteiger partial charge in [-0.2, -0.15) is 17.0 Å². The zero-order valence-electron chi connectivity index (χ0n) is 13.6. The largest absolute Gasteiger partial charge is 0.360 e. The summed E-state index contributed by atoms with van der Waals surface area (Å²) in [4.78, 5) is 14.2. The molecule has 1 saturated carbocycles. The standard InChI is InChI=1S/C15H22N4O4S/c20-15(13-11-14(23-16-13)12-3-4-12)17-7-9-19(10-8-17)24(21,22)18-5-1-2-6-18/h11-12H,1-10H2. The Balaban J connectivity index is 1.37. The molecular formula is C15H22N4O4S. The molecule has 0 aromatic carbocycles. The molecule has 1 amide bonds. The monoisotopic (exact) mass is 354 g/mol. The summed E-state index contributed by atoms with van der Waals surface area (Å²) in [5, 5.41) is 3.88. The van der Waals surface area contributed by atoms with Crippen molar-refractivity contribution in [3.63, 3.8) is 0 Å². The molecule has 132 valence electrons. The van der Waals surface area contributed by atoms with Crippen LogP contribution in [0.1, 0.15) is 47.8 Å². The number of piperazine rings is 1. The van der Waals surface area contributed by atoms with Gasteiger partial charge in [-0.15, -0.1) is 0 Å². The molecule has 3 heterocycles. The van der Waals surface area contributed by atoms with Crippen LogP contribution in [0.25, 0.3) is 0 Å². The summed E-state index contributed by atoms with van der Waals surface area (Å²) < 4.78 is 33.3. The van der Waals surface area contributed by atoms with E-state index in [4.69, 9.17) is 4.52 Å². The molecule has 1 aromatic heterocycles. The fourth-order valence-corrected chi connectivity index (χ4v) is 4.99. The first-order valence-corrected chi connectivity index (χ1v) is 9.96. The third-order valence-corrected chi connectivity index (χ3v) is 7.01. The van der Waals surface area contributed by atoms with Crippen LogP contribution in [0.4, 0.5) is 0 Å². The zero-order chi connectivity index (χ0) is 16.7. The van der Waals surface area contributed by atoms with Gasteiger partial charge in [-0.1, -0.05) is 5.16 Å². The van der Waals surface area contributed by atoms with Crippen molar-refractivity contribution in [2.75, 3.05) is 39.3 Å². The van der Waals surface area contributed by atoms with Gasteiger partial charge in [0.25, 0.3) is 16.1 Å². The van der Waals surface area contributed by atoms with E-state index in [1.165, 1.54) is 4.31 Å². The molecule has 0 N–H and O–H groups in total. The predicted octanol–water partition coefficient (Wildman–Crippen LogP) is 0.650. The van der Waals surface area contributed by atoms with E-state index in [1.54, 1.807) is 15.3 Å². The summed E-state index contributed by atoms with van der Waals surface area (Å²) in [6.45, 7) is 2.64. The zero-order valence-corrected chi connectivity index (χ0v) is 14.4. The van der Waals surface area contributed by atoms with E-state index >= 15 is 0 Å². The summed E-state index contributed by atoms with van der Waals surface area (Å²) in [5.41, 5.74) is 0.327. The third kappa shape index (κ3) is 2.96. The summed E-state index contributed by atoms with van der Waals surface area (Å²) in [6.07, 6.45) is 4.03. The number of carbonyl (C=O) groups is 1. The van der Waals surface area contributed by atoms with Crippen molar-refractivity contribution in [2.45, 2.75) is 31.6 Å². The van der Waals surface area contributed by atoms with Crippen LogP contribution in [0.3, 0.4) is 0 Å². The smallest absolute Gasteiger partial charge is 0.282 e. The Bertz CT molecular complexity index is 714. The average Bonchev–Trinajstić information content (AvgIpc) is 3.10. The highest BCUT2D eigenvalue weighted by atomic mass is 32.2. The Hall–Kier alpha value is -1.45. The van der Waals surface area contributed by atoms with Gasteiger partial charge in [0.2, 0.25) is 0 Å². The van der Waals surface area contributed by atoms with Gasteiger partial charge in [-0.25, -0.2) is 0 Å². The number of rotatable bonds is 4. The lowest BCUT2D eigenvalue weighted by Crippen LogP contribution is -2.53. The number of aromatic nitrogens is 1. The first kappa shape index (κ1) is 16.0. The topological polar surface area (TPSA) is 87.0 Å². The van der Waals surface area contributed by atoms with Crippen LogP contribution < -0.4 is 0 Å². The maximum absolute atomic E-state index is 12.5. The highest BCUT2D eigenvalue weighted by Crippen LogP contribution is 2.40. The first-order chi connectivity index (χ1) is 11.6. The Labute approximate surface area is 141 Å². The number of nitrogens with zero attached hydrogens (tertiary/aromatic N) is 4. The lowest BCUT2D eigenvalue weighted by Gasteiger charge is -2.35. The molecule has 0 unspecified atom stereocenters. The van der Waals surface area contributed by atoms with Gasteiger partial charge in [-0.05, 0) is 25.7 Å². The molecule has 2 aliphatic heterocycles. The molecule has 9 heteroatoms. The fourth-order valence-electron chi connectivity index (χ4n) is 3.32. The van der Waals surface area contributed by atoms with E-state index in [0.29, 0.717) is 50.9 Å². The molecule has 24 heavy (non-hydrogen) atoms. The summed E-state index contributed by atoms with van der Waals surface area (Å²) >= 11 is 0.